The molecule has 2 aromatic carbocycles. The molecule has 0 spiro atoms. The Bertz CT molecular complexity index is 1210. The first-order chi connectivity index (χ1) is 15.9. The molecule has 8 heteroatoms. The van der Waals surface area contributed by atoms with E-state index in [2.05, 4.69) is 24.1 Å². The third-order valence-electron chi connectivity index (χ3n) is 5.04. The maximum atomic E-state index is 12.6. The maximum absolute atomic E-state index is 12.6. The predicted molar refractivity (Wildman–Crippen MR) is 130 cm³/mol. The van der Waals surface area contributed by atoms with Crippen molar-refractivity contribution in [2.45, 2.75) is 13.8 Å². The number of nitrogens with zero attached hydrogens (tertiary/aromatic N) is 1. The third-order valence-corrected chi connectivity index (χ3v) is 5.29. The summed E-state index contributed by atoms with van der Waals surface area (Å²) < 4.78 is 10.8. The van der Waals surface area contributed by atoms with E-state index < -0.39 is 11.9 Å². The Labute approximate surface area is 196 Å². The highest BCUT2D eigenvalue weighted by Crippen LogP contribution is 2.18. The topological polar surface area (TPSA) is 88.8 Å². The molecule has 0 bridgehead atoms. The lowest BCUT2D eigenvalue weighted by Crippen LogP contribution is -2.27. The van der Waals surface area contributed by atoms with Crippen molar-refractivity contribution in [2.75, 3.05) is 31.6 Å². The van der Waals surface area contributed by atoms with Gasteiger partial charge in [-0.2, -0.15) is 0 Å². The molecule has 3 aromatic rings. The van der Waals surface area contributed by atoms with Gasteiger partial charge in [0.25, 0.3) is 5.91 Å². The van der Waals surface area contributed by atoms with Crippen molar-refractivity contribution in [2.24, 2.45) is 0 Å². The van der Waals surface area contributed by atoms with E-state index in [0.717, 1.165) is 19.2 Å². The Morgan fingerprint density at radius 3 is 2.52 bits per heavy atom. The van der Waals surface area contributed by atoms with E-state index in [1.54, 1.807) is 48.5 Å². The number of fused-ring (bicyclic) bond motifs is 1. The Kier molecular flexibility index (Phi) is 8.40. The molecule has 3 rings (SSSR count). The smallest absolute Gasteiger partial charge is 0.330 e. The van der Waals surface area contributed by atoms with Crippen molar-refractivity contribution >= 4 is 46.2 Å². The monoisotopic (exact) mass is 468 g/mol. The lowest BCUT2D eigenvalue weighted by atomic mass is 10.1. The van der Waals surface area contributed by atoms with E-state index in [-0.39, 0.29) is 16.8 Å². The normalized spacial score (nSPS) is 11.3. The average molecular weight is 469 g/mol. The summed E-state index contributed by atoms with van der Waals surface area (Å²) in [6.07, 6.45) is 2.89. The number of carbonyl (C=O) groups is 2. The van der Waals surface area contributed by atoms with Crippen molar-refractivity contribution in [1.82, 2.24) is 4.90 Å². The standard InChI is InChI=1S/C25H25ClN2O5/c1-3-28(4-2)13-14-32-24(30)12-6-17-5-11-22-20(15-17)21(29)16-23(33-22)25(31)27-19-9-7-18(26)8-10-19/h5-12,15-16H,3-4,13-14H2,1-2H3,(H,27,31)/b12-6+. The summed E-state index contributed by atoms with van der Waals surface area (Å²) in [5.41, 5.74) is 1.06. The summed E-state index contributed by atoms with van der Waals surface area (Å²) in [7, 11) is 0. The van der Waals surface area contributed by atoms with Crippen LogP contribution in [-0.2, 0) is 9.53 Å². The Morgan fingerprint density at radius 2 is 1.82 bits per heavy atom. The van der Waals surface area contributed by atoms with Gasteiger partial charge in [0.1, 0.15) is 12.2 Å². The summed E-state index contributed by atoms with van der Waals surface area (Å²) in [6, 6.07) is 12.6. The molecule has 0 aliphatic heterocycles. The second kappa shape index (κ2) is 11.4. The van der Waals surface area contributed by atoms with Crippen LogP contribution in [-0.4, -0.2) is 43.0 Å². The van der Waals surface area contributed by atoms with Crippen molar-refractivity contribution in [3.63, 3.8) is 0 Å². The molecule has 1 amide bonds. The first kappa shape index (κ1) is 24.2. The van der Waals surface area contributed by atoms with Crippen LogP contribution in [0.4, 0.5) is 5.69 Å². The molecule has 0 radical (unpaired) electrons. The quantitative estimate of drug-likeness (QED) is 0.365. The number of carbonyl (C=O) groups excluding carboxylic acids is 2. The summed E-state index contributed by atoms with van der Waals surface area (Å²) in [4.78, 5) is 39.1. The highest BCUT2D eigenvalue weighted by atomic mass is 35.5. The molecule has 7 nitrogen and oxygen atoms in total. The largest absolute Gasteiger partial charge is 0.461 e. The van der Waals surface area contributed by atoms with E-state index in [0.29, 0.717) is 34.8 Å². The van der Waals surface area contributed by atoms with Gasteiger partial charge >= 0.3 is 5.97 Å². The fourth-order valence-electron chi connectivity index (χ4n) is 3.14. The zero-order valence-corrected chi connectivity index (χ0v) is 19.2. The highest BCUT2D eigenvalue weighted by Gasteiger charge is 2.13. The molecular formula is C25H25ClN2O5. The molecule has 0 aliphatic carbocycles. The SMILES string of the molecule is CCN(CC)CCOC(=O)/C=C/c1ccc2oc(C(=O)Nc3ccc(Cl)cc3)cc(=O)c2c1. The molecule has 0 saturated carbocycles. The minimum Gasteiger partial charge on any atom is -0.461 e. The van der Waals surface area contributed by atoms with Crippen LogP contribution in [0.15, 0.2) is 63.8 Å². The zero-order chi connectivity index (χ0) is 23.8. The van der Waals surface area contributed by atoms with Crippen molar-refractivity contribution in [3.05, 3.63) is 81.2 Å². The summed E-state index contributed by atoms with van der Waals surface area (Å²) >= 11 is 5.84. The van der Waals surface area contributed by atoms with Crippen LogP contribution in [0.5, 0.6) is 0 Å². The number of hydrogen-bond acceptors (Lipinski definition) is 6. The summed E-state index contributed by atoms with van der Waals surface area (Å²) in [5.74, 6) is -1.11. The zero-order valence-electron chi connectivity index (χ0n) is 18.5. The number of amides is 1. The Balaban J connectivity index is 1.68. The highest BCUT2D eigenvalue weighted by molar-refractivity contribution is 6.30. The van der Waals surface area contributed by atoms with Gasteiger partial charge in [0.2, 0.25) is 0 Å². The molecule has 0 fully saturated rings. The number of anilines is 1. The summed E-state index contributed by atoms with van der Waals surface area (Å²) in [6.45, 7) is 6.89. The number of hydrogen-bond donors (Lipinski definition) is 1. The lowest BCUT2D eigenvalue weighted by molar-refractivity contribution is -0.138. The molecule has 1 heterocycles. The molecule has 0 saturated heterocycles. The number of benzene rings is 2. The molecule has 1 N–H and O–H groups in total. The van der Waals surface area contributed by atoms with E-state index in [1.807, 2.05) is 0 Å². The van der Waals surface area contributed by atoms with Crippen LogP contribution < -0.4 is 10.7 Å². The third kappa shape index (κ3) is 6.78. The van der Waals surface area contributed by atoms with Gasteiger partial charge in [-0.1, -0.05) is 31.5 Å². The number of ether oxygens (including phenoxy) is 1. The molecule has 0 atom stereocenters. The van der Waals surface area contributed by atoms with E-state index in [9.17, 15) is 14.4 Å². The van der Waals surface area contributed by atoms with Crippen LogP contribution in [0.3, 0.4) is 0 Å². The maximum Gasteiger partial charge on any atom is 0.330 e. The minimum atomic E-state index is -0.548. The molecule has 172 valence electrons. The van der Waals surface area contributed by atoms with Gasteiger partial charge in [0, 0.05) is 29.4 Å². The van der Waals surface area contributed by atoms with Gasteiger partial charge in [-0.25, -0.2) is 4.79 Å². The minimum absolute atomic E-state index is 0.109. The van der Waals surface area contributed by atoms with Crippen molar-refractivity contribution in [3.8, 4) is 0 Å². The van der Waals surface area contributed by atoms with E-state index in [1.165, 1.54) is 6.08 Å². The Hall–Kier alpha value is -3.42. The number of likely N-dealkylation sites (N-methyl/N-ethyl adjacent to an activating group) is 1. The second-order valence-corrected chi connectivity index (χ2v) is 7.66. The number of rotatable bonds is 9. The Morgan fingerprint density at radius 1 is 1.09 bits per heavy atom. The average Bonchev–Trinajstić information content (AvgIpc) is 2.82. The van der Waals surface area contributed by atoms with Crippen molar-refractivity contribution in [1.29, 1.82) is 0 Å². The van der Waals surface area contributed by atoms with Crippen LogP contribution in [0.25, 0.3) is 17.0 Å². The summed E-state index contributed by atoms with van der Waals surface area (Å²) in [5, 5.41) is 3.50. The van der Waals surface area contributed by atoms with Gasteiger partial charge < -0.3 is 19.4 Å². The fraction of sp³-hybridized carbons (Fsp3) is 0.240. The van der Waals surface area contributed by atoms with Crippen LogP contribution in [0, 0.1) is 0 Å². The molecular weight excluding hydrogens is 444 g/mol. The van der Waals surface area contributed by atoms with Gasteiger partial charge in [0.15, 0.2) is 11.2 Å². The molecule has 0 unspecified atom stereocenters. The fourth-order valence-corrected chi connectivity index (χ4v) is 3.27. The van der Waals surface area contributed by atoms with Crippen LogP contribution in [0.1, 0.15) is 30.0 Å². The number of halogens is 1. The van der Waals surface area contributed by atoms with E-state index >= 15 is 0 Å². The van der Waals surface area contributed by atoms with Gasteiger partial charge in [-0.05, 0) is 61.1 Å². The number of esters is 1. The van der Waals surface area contributed by atoms with Crippen molar-refractivity contribution < 1.29 is 18.7 Å². The molecule has 33 heavy (non-hydrogen) atoms. The first-order valence-electron chi connectivity index (χ1n) is 10.6. The van der Waals surface area contributed by atoms with E-state index in [4.69, 9.17) is 20.8 Å². The van der Waals surface area contributed by atoms with Crippen LogP contribution >= 0.6 is 11.6 Å². The van der Waals surface area contributed by atoms with Gasteiger partial charge in [-0.15, -0.1) is 0 Å². The molecule has 1 aromatic heterocycles. The van der Waals surface area contributed by atoms with Gasteiger partial charge in [0.05, 0.1) is 5.39 Å². The molecule has 0 aliphatic rings. The second-order valence-electron chi connectivity index (χ2n) is 7.22. The lowest BCUT2D eigenvalue weighted by Gasteiger charge is -2.16. The van der Waals surface area contributed by atoms with Crippen LogP contribution in [0.2, 0.25) is 5.02 Å². The van der Waals surface area contributed by atoms with Gasteiger partial charge in [-0.3, -0.25) is 9.59 Å². The number of nitrogens with one attached hydrogen (secondary N) is 1. The first-order valence-corrected chi connectivity index (χ1v) is 11.0. The predicted octanol–water partition coefficient (Wildman–Crippen LogP) is 4.60.